The number of aromatic nitrogens is 2. The van der Waals surface area contributed by atoms with E-state index in [1.54, 1.807) is 11.7 Å². The fourth-order valence-electron chi connectivity index (χ4n) is 2.49. The molecular formula is C13H14N4O. The average molecular weight is 242 g/mol. The molecule has 92 valence electrons. The number of fused-ring (bicyclic) bond motifs is 1. The Balaban J connectivity index is 2.16. The first-order chi connectivity index (χ1) is 8.66. The lowest BCUT2D eigenvalue weighted by molar-refractivity contribution is -0.116. The molecule has 0 saturated heterocycles. The van der Waals surface area contributed by atoms with E-state index >= 15 is 0 Å². The standard InChI is InChI=1S/C13H14N4O/c1-17-13-11(12(14)16-17)9(7-10(18)15-13)8-5-3-2-4-6-8/h2-6,9H,7H2,1H3,(H2,14,16)(H,15,18)/t9-/m1/s1. The quantitative estimate of drug-likeness (QED) is 0.795. The van der Waals surface area contributed by atoms with Gasteiger partial charge in [-0.2, -0.15) is 5.10 Å². The van der Waals surface area contributed by atoms with Gasteiger partial charge in [0.15, 0.2) is 5.82 Å². The topological polar surface area (TPSA) is 72.9 Å². The molecule has 5 nitrogen and oxygen atoms in total. The van der Waals surface area contributed by atoms with E-state index in [4.69, 9.17) is 5.73 Å². The smallest absolute Gasteiger partial charge is 0.226 e. The van der Waals surface area contributed by atoms with Gasteiger partial charge in [-0.25, -0.2) is 0 Å². The molecule has 1 amide bonds. The summed E-state index contributed by atoms with van der Waals surface area (Å²) >= 11 is 0. The molecule has 1 aliphatic rings. The van der Waals surface area contributed by atoms with Crippen LogP contribution in [0.2, 0.25) is 0 Å². The third-order valence-corrected chi connectivity index (χ3v) is 3.31. The summed E-state index contributed by atoms with van der Waals surface area (Å²) in [5.41, 5.74) is 7.96. The number of carbonyl (C=O) groups excluding carboxylic acids is 1. The molecule has 3 rings (SSSR count). The van der Waals surface area contributed by atoms with Gasteiger partial charge in [-0.3, -0.25) is 9.48 Å². The van der Waals surface area contributed by atoms with Crippen LogP contribution in [0.15, 0.2) is 30.3 Å². The average Bonchev–Trinajstić information content (AvgIpc) is 2.65. The van der Waals surface area contributed by atoms with E-state index in [0.717, 1.165) is 11.1 Å². The summed E-state index contributed by atoms with van der Waals surface area (Å²) in [6, 6.07) is 9.92. The number of carbonyl (C=O) groups is 1. The van der Waals surface area contributed by atoms with Crippen molar-refractivity contribution in [1.82, 2.24) is 9.78 Å². The third kappa shape index (κ3) is 1.55. The Morgan fingerprint density at radius 2 is 2.11 bits per heavy atom. The predicted molar refractivity (Wildman–Crippen MR) is 69.2 cm³/mol. The SMILES string of the molecule is Cn1nc(N)c2c1NC(=O)C[C@@H]2c1ccccc1. The van der Waals surface area contributed by atoms with Crippen molar-refractivity contribution >= 4 is 17.5 Å². The number of rotatable bonds is 1. The van der Waals surface area contributed by atoms with E-state index in [0.29, 0.717) is 18.1 Å². The molecule has 1 aliphatic heterocycles. The summed E-state index contributed by atoms with van der Waals surface area (Å²) in [5, 5.41) is 7.01. The second kappa shape index (κ2) is 3.87. The van der Waals surface area contributed by atoms with E-state index in [1.165, 1.54) is 0 Å². The molecule has 18 heavy (non-hydrogen) atoms. The molecule has 0 saturated carbocycles. The van der Waals surface area contributed by atoms with E-state index in [1.807, 2.05) is 30.3 Å². The molecule has 5 heteroatoms. The van der Waals surface area contributed by atoms with Gasteiger partial charge in [0.25, 0.3) is 0 Å². The van der Waals surface area contributed by atoms with Gasteiger partial charge in [-0.05, 0) is 5.56 Å². The Bertz CT molecular complexity index is 603. The van der Waals surface area contributed by atoms with Crippen LogP contribution in [0.1, 0.15) is 23.5 Å². The number of hydrogen-bond acceptors (Lipinski definition) is 3. The maximum Gasteiger partial charge on any atom is 0.226 e. The summed E-state index contributed by atoms with van der Waals surface area (Å²) in [4.78, 5) is 11.8. The summed E-state index contributed by atoms with van der Waals surface area (Å²) in [6.07, 6.45) is 0.410. The molecule has 0 fully saturated rings. The number of benzene rings is 1. The number of hydrogen-bond donors (Lipinski definition) is 2. The Morgan fingerprint density at radius 3 is 2.83 bits per heavy atom. The highest BCUT2D eigenvalue weighted by Gasteiger charge is 2.31. The molecule has 2 heterocycles. The first-order valence-electron chi connectivity index (χ1n) is 5.84. The second-order valence-electron chi connectivity index (χ2n) is 4.49. The Hall–Kier alpha value is -2.30. The largest absolute Gasteiger partial charge is 0.382 e. The minimum absolute atomic E-state index is 0.000599. The van der Waals surface area contributed by atoms with E-state index in [2.05, 4.69) is 10.4 Å². The van der Waals surface area contributed by atoms with Crippen LogP contribution in [0.4, 0.5) is 11.6 Å². The first-order valence-corrected chi connectivity index (χ1v) is 5.84. The van der Waals surface area contributed by atoms with Gasteiger partial charge in [0.2, 0.25) is 5.91 Å². The highest BCUT2D eigenvalue weighted by atomic mass is 16.1. The molecule has 3 N–H and O–H groups in total. The number of nitrogens with two attached hydrogens (primary N) is 1. The van der Waals surface area contributed by atoms with Gasteiger partial charge >= 0.3 is 0 Å². The zero-order chi connectivity index (χ0) is 12.7. The molecule has 0 unspecified atom stereocenters. The van der Waals surface area contributed by atoms with Crippen LogP contribution in [0.3, 0.4) is 0 Å². The summed E-state index contributed by atoms with van der Waals surface area (Å²) < 4.78 is 1.62. The van der Waals surface area contributed by atoms with Crippen molar-refractivity contribution in [3.05, 3.63) is 41.5 Å². The van der Waals surface area contributed by atoms with Gasteiger partial charge in [-0.1, -0.05) is 30.3 Å². The van der Waals surface area contributed by atoms with Crippen molar-refractivity contribution in [3.63, 3.8) is 0 Å². The molecule has 0 spiro atoms. The highest BCUT2D eigenvalue weighted by Crippen LogP contribution is 2.39. The van der Waals surface area contributed by atoms with Crippen LogP contribution in [-0.2, 0) is 11.8 Å². The van der Waals surface area contributed by atoms with Gasteiger partial charge in [0.05, 0.1) is 0 Å². The first kappa shape index (κ1) is 10.8. The minimum Gasteiger partial charge on any atom is -0.382 e. The van der Waals surface area contributed by atoms with Crippen LogP contribution in [-0.4, -0.2) is 15.7 Å². The fourth-order valence-corrected chi connectivity index (χ4v) is 2.49. The van der Waals surface area contributed by atoms with Crippen molar-refractivity contribution in [2.45, 2.75) is 12.3 Å². The molecule has 2 aromatic rings. The van der Waals surface area contributed by atoms with Gasteiger partial charge in [0.1, 0.15) is 5.82 Å². The lowest BCUT2D eigenvalue weighted by atomic mass is 9.87. The van der Waals surface area contributed by atoms with Crippen molar-refractivity contribution in [2.24, 2.45) is 7.05 Å². The summed E-state index contributed by atoms with van der Waals surface area (Å²) in [5.74, 6) is 1.18. The van der Waals surface area contributed by atoms with Crippen molar-refractivity contribution in [1.29, 1.82) is 0 Å². The highest BCUT2D eigenvalue weighted by molar-refractivity contribution is 5.95. The molecule has 0 aliphatic carbocycles. The minimum atomic E-state index is -0.0105. The van der Waals surface area contributed by atoms with Gasteiger partial charge in [0, 0.05) is 24.9 Å². The van der Waals surface area contributed by atoms with Crippen molar-refractivity contribution < 1.29 is 4.79 Å². The van der Waals surface area contributed by atoms with E-state index in [9.17, 15) is 4.79 Å². The Labute approximate surface area is 105 Å². The maximum atomic E-state index is 11.8. The van der Waals surface area contributed by atoms with Crippen molar-refractivity contribution in [3.8, 4) is 0 Å². The van der Waals surface area contributed by atoms with Crippen LogP contribution in [0.5, 0.6) is 0 Å². The number of nitrogens with one attached hydrogen (secondary N) is 1. The molecular weight excluding hydrogens is 228 g/mol. The Kier molecular flexibility index (Phi) is 2.33. The lowest BCUT2D eigenvalue weighted by Gasteiger charge is -2.23. The lowest BCUT2D eigenvalue weighted by Crippen LogP contribution is -2.24. The molecule has 1 atom stereocenters. The van der Waals surface area contributed by atoms with Crippen LogP contribution in [0.25, 0.3) is 0 Å². The molecule has 0 bridgehead atoms. The van der Waals surface area contributed by atoms with E-state index < -0.39 is 0 Å². The van der Waals surface area contributed by atoms with Crippen LogP contribution < -0.4 is 11.1 Å². The maximum absolute atomic E-state index is 11.8. The van der Waals surface area contributed by atoms with Gasteiger partial charge < -0.3 is 11.1 Å². The molecule has 0 radical (unpaired) electrons. The zero-order valence-corrected chi connectivity index (χ0v) is 10.1. The predicted octanol–water partition coefficient (Wildman–Crippen LogP) is 1.48. The normalized spacial score (nSPS) is 18.3. The number of amides is 1. The molecule has 1 aromatic heterocycles. The van der Waals surface area contributed by atoms with E-state index in [-0.39, 0.29) is 11.8 Å². The van der Waals surface area contributed by atoms with Crippen LogP contribution >= 0.6 is 0 Å². The fraction of sp³-hybridized carbons (Fsp3) is 0.231. The Morgan fingerprint density at radius 1 is 1.39 bits per heavy atom. The number of nitrogen functional groups attached to an aromatic ring is 1. The van der Waals surface area contributed by atoms with Gasteiger partial charge in [-0.15, -0.1) is 0 Å². The zero-order valence-electron chi connectivity index (χ0n) is 10.1. The monoisotopic (exact) mass is 242 g/mol. The summed E-state index contributed by atoms with van der Waals surface area (Å²) in [7, 11) is 1.78. The number of nitrogens with zero attached hydrogens (tertiary/aromatic N) is 2. The second-order valence-corrected chi connectivity index (χ2v) is 4.49. The van der Waals surface area contributed by atoms with Crippen LogP contribution in [0, 0.1) is 0 Å². The third-order valence-electron chi connectivity index (χ3n) is 3.31. The molecule has 1 aromatic carbocycles. The number of aryl methyl sites for hydroxylation is 1. The summed E-state index contributed by atoms with van der Waals surface area (Å²) in [6.45, 7) is 0. The van der Waals surface area contributed by atoms with Crippen molar-refractivity contribution in [2.75, 3.05) is 11.1 Å². The number of anilines is 2.